The van der Waals surface area contributed by atoms with E-state index >= 15 is 0 Å². The Kier molecular flexibility index (Phi) is 5.05. The highest BCUT2D eigenvalue weighted by atomic mass is 19.1. The predicted molar refractivity (Wildman–Crippen MR) is 71.8 cm³/mol. The van der Waals surface area contributed by atoms with Crippen molar-refractivity contribution in [3.63, 3.8) is 0 Å². The molecule has 1 fully saturated rings. The summed E-state index contributed by atoms with van der Waals surface area (Å²) >= 11 is 0. The third kappa shape index (κ3) is 4.11. The topological polar surface area (TPSA) is 29.5 Å². The Bertz CT molecular complexity index is 419. The van der Waals surface area contributed by atoms with Gasteiger partial charge in [-0.2, -0.15) is 0 Å². The van der Waals surface area contributed by atoms with Crippen molar-refractivity contribution in [2.75, 3.05) is 26.7 Å². The number of nitrogens with zero attached hydrogens (tertiary/aromatic N) is 1. The van der Waals surface area contributed by atoms with Crippen molar-refractivity contribution in [1.29, 1.82) is 0 Å². The van der Waals surface area contributed by atoms with Gasteiger partial charge in [0.1, 0.15) is 5.82 Å². The van der Waals surface area contributed by atoms with Crippen LogP contribution in [-0.2, 0) is 4.74 Å². The Morgan fingerprint density at radius 1 is 1.42 bits per heavy atom. The smallest absolute Gasteiger partial charge is 0.164 e. The highest BCUT2D eigenvalue weighted by molar-refractivity contribution is 5.96. The number of methoxy groups -OCH3 is 1. The third-order valence-corrected chi connectivity index (χ3v) is 3.62. The molecule has 0 amide bonds. The Balaban J connectivity index is 1.81. The lowest BCUT2D eigenvalue weighted by Crippen LogP contribution is -2.40. The fourth-order valence-electron chi connectivity index (χ4n) is 2.45. The van der Waals surface area contributed by atoms with E-state index < -0.39 is 0 Å². The van der Waals surface area contributed by atoms with Crippen molar-refractivity contribution < 1.29 is 13.9 Å². The number of benzene rings is 1. The quantitative estimate of drug-likeness (QED) is 0.766. The van der Waals surface area contributed by atoms with Crippen molar-refractivity contribution in [3.8, 4) is 0 Å². The summed E-state index contributed by atoms with van der Waals surface area (Å²) in [6.45, 7) is 2.67. The molecule has 0 spiro atoms. The van der Waals surface area contributed by atoms with Gasteiger partial charge in [-0.25, -0.2) is 4.39 Å². The van der Waals surface area contributed by atoms with Crippen LogP contribution >= 0.6 is 0 Å². The van der Waals surface area contributed by atoms with Crippen LogP contribution in [0.5, 0.6) is 0 Å². The van der Waals surface area contributed by atoms with Crippen LogP contribution < -0.4 is 0 Å². The molecule has 1 atom stereocenters. The molecule has 3 nitrogen and oxygen atoms in total. The fraction of sp³-hybridized carbons (Fsp3) is 0.533. The van der Waals surface area contributed by atoms with Crippen molar-refractivity contribution in [1.82, 2.24) is 4.90 Å². The molecule has 1 aromatic carbocycles. The predicted octanol–water partition coefficient (Wildman–Crippen LogP) is 2.51. The van der Waals surface area contributed by atoms with Crippen LogP contribution in [0.1, 0.15) is 29.6 Å². The molecule has 1 aromatic rings. The van der Waals surface area contributed by atoms with Gasteiger partial charge >= 0.3 is 0 Å². The monoisotopic (exact) mass is 265 g/mol. The second-order valence-electron chi connectivity index (χ2n) is 4.98. The largest absolute Gasteiger partial charge is 0.380 e. The van der Waals surface area contributed by atoms with Gasteiger partial charge in [0.15, 0.2) is 5.78 Å². The number of likely N-dealkylation sites (tertiary alicyclic amines) is 1. The molecule has 0 N–H and O–H groups in total. The van der Waals surface area contributed by atoms with E-state index in [1.165, 1.54) is 12.1 Å². The normalized spacial score (nSPS) is 20.4. The summed E-state index contributed by atoms with van der Waals surface area (Å²) < 4.78 is 18.1. The summed E-state index contributed by atoms with van der Waals surface area (Å²) in [5.41, 5.74) is 0.585. The maximum Gasteiger partial charge on any atom is 0.164 e. The Hall–Kier alpha value is -1.26. The molecule has 1 aliphatic rings. The van der Waals surface area contributed by atoms with Gasteiger partial charge in [0, 0.05) is 32.2 Å². The van der Waals surface area contributed by atoms with Gasteiger partial charge in [-0.1, -0.05) is 0 Å². The number of ether oxygens (including phenoxy) is 1. The second-order valence-corrected chi connectivity index (χ2v) is 4.98. The molecular weight excluding hydrogens is 245 g/mol. The van der Waals surface area contributed by atoms with Crippen LogP contribution in [0, 0.1) is 5.82 Å². The number of carbonyl (C=O) groups is 1. The second kappa shape index (κ2) is 6.78. The third-order valence-electron chi connectivity index (χ3n) is 3.62. The highest BCUT2D eigenvalue weighted by Crippen LogP contribution is 2.13. The van der Waals surface area contributed by atoms with Gasteiger partial charge < -0.3 is 9.64 Å². The van der Waals surface area contributed by atoms with Crippen LogP contribution in [0.15, 0.2) is 24.3 Å². The Morgan fingerprint density at radius 2 is 2.16 bits per heavy atom. The molecule has 0 saturated carbocycles. The molecule has 2 rings (SSSR count). The van der Waals surface area contributed by atoms with Crippen molar-refractivity contribution in [2.24, 2.45) is 0 Å². The van der Waals surface area contributed by atoms with E-state index in [2.05, 4.69) is 4.90 Å². The van der Waals surface area contributed by atoms with Crippen LogP contribution in [0.25, 0.3) is 0 Å². The standard InChI is InChI=1S/C15H20FNO2/c1-19-14-3-2-9-17(11-14)10-8-15(18)12-4-6-13(16)7-5-12/h4-7,14H,2-3,8-11H2,1H3. The lowest BCUT2D eigenvalue weighted by Gasteiger charge is -2.31. The van der Waals surface area contributed by atoms with E-state index in [1.54, 1.807) is 19.2 Å². The number of halogens is 1. The molecule has 4 heteroatoms. The molecule has 0 aromatic heterocycles. The van der Waals surface area contributed by atoms with E-state index in [0.717, 1.165) is 32.5 Å². The minimum atomic E-state index is -0.310. The van der Waals surface area contributed by atoms with Crippen LogP contribution in [0.2, 0.25) is 0 Å². The molecule has 1 aliphatic heterocycles. The average molecular weight is 265 g/mol. The minimum absolute atomic E-state index is 0.0690. The number of Topliss-reactive ketones (excluding diaryl/α,β-unsaturated/α-hetero) is 1. The molecule has 1 saturated heterocycles. The summed E-state index contributed by atoms with van der Waals surface area (Å²) in [5, 5.41) is 0. The average Bonchev–Trinajstić information content (AvgIpc) is 2.46. The first-order chi connectivity index (χ1) is 9.19. The van der Waals surface area contributed by atoms with Gasteiger partial charge in [0.25, 0.3) is 0 Å². The summed E-state index contributed by atoms with van der Waals surface area (Å²) in [5.74, 6) is -0.241. The van der Waals surface area contributed by atoms with E-state index in [1.807, 2.05) is 0 Å². The summed E-state index contributed by atoms with van der Waals surface area (Å²) in [6.07, 6.45) is 2.97. The number of piperidine rings is 1. The van der Waals surface area contributed by atoms with E-state index in [-0.39, 0.29) is 17.7 Å². The molecule has 19 heavy (non-hydrogen) atoms. The zero-order chi connectivity index (χ0) is 13.7. The van der Waals surface area contributed by atoms with E-state index in [4.69, 9.17) is 4.74 Å². The number of carbonyl (C=O) groups excluding carboxylic acids is 1. The zero-order valence-corrected chi connectivity index (χ0v) is 11.3. The Labute approximate surface area is 113 Å². The minimum Gasteiger partial charge on any atom is -0.380 e. The summed E-state index contributed by atoms with van der Waals surface area (Å²) in [4.78, 5) is 14.2. The van der Waals surface area contributed by atoms with E-state index in [0.29, 0.717) is 12.0 Å². The number of hydrogen-bond donors (Lipinski definition) is 0. The molecule has 104 valence electrons. The van der Waals surface area contributed by atoms with Crippen molar-refractivity contribution >= 4 is 5.78 Å². The van der Waals surface area contributed by atoms with Gasteiger partial charge in [-0.05, 0) is 43.7 Å². The van der Waals surface area contributed by atoms with Gasteiger partial charge in [0.2, 0.25) is 0 Å². The number of ketones is 1. The van der Waals surface area contributed by atoms with Crippen molar-refractivity contribution in [3.05, 3.63) is 35.6 Å². The van der Waals surface area contributed by atoms with Crippen molar-refractivity contribution in [2.45, 2.75) is 25.4 Å². The molecular formula is C15H20FNO2. The lowest BCUT2D eigenvalue weighted by molar-refractivity contribution is 0.0309. The molecule has 1 heterocycles. The summed E-state index contributed by atoms with van der Waals surface area (Å²) in [7, 11) is 1.73. The molecule has 0 aliphatic carbocycles. The maximum absolute atomic E-state index is 12.8. The fourth-order valence-corrected chi connectivity index (χ4v) is 2.45. The summed E-state index contributed by atoms with van der Waals surface area (Å²) in [6, 6.07) is 5.75. The highest BCUT2D eigenvalue weighted by Gasteiger charge is 2.19. The van der Waals surface area contributed by atoms with Crippen LogP contribution in [0.3, 0.4) is 0 Å². The first kappa shape index (κ1) is 14.2. The SMILES string of the molecule is COC1CCCN(CCC(=O)c2ccc(F)cc2)C1. The van der Waals surface area contributed by atoms with Gasteiger partial charge in [0.05, 0.1) is 6.10 Å². The van der Waals surface area contributed by atoms with Gasteiger partial charge in [-0.15, -0.1) is 0 Å². The lowest BCUT2D eigenvalue weighted by atomic mass is 10.1. The number of rotatable bonds is 5. The molecule has 0 radical (unpaired) electrons. The van der Waals surface area contributed by atoms with Crippen LogP contribution in [0.4, 0.5) is 4.39 Å². The van der Waals surface area contributed by atoms with Gasteiger partial charge in [-0.3, -0.25) is 4.79 Å². The molecule has 1 unspecified atom stereocenters. The first-order valence-electron chi connectivity index (χ1n) is 6.73. The maximum atomic E-state index is 12.8. The van der Waals surface area contributed by atoms with Crippen LogP contribution in [-0.4, -0.2) is 43.5 Å². The number of hydrogen-bond acceptors (Lipinski definition) is 3. The van der Waals surface area contributed by atoms with E-state index in [9.17, 15) is 9.18 Å². The Morgan fingerprint density at radius 3 is 2.84 bits per heavy atom. The molecule has 0 bridgehead atoms. The first-order valence-corrected chi connectivity index (χ1v) is 6.73. The zero-order valence-electron chi connectivity index (χ0n) is 11.3.